The van der Waals surface area contributed by atoms with Gasteiger partial charge >= 0.3 is 0 Å². The summed E-state index contributed by atoms with van der Waals surface area (Å²) in [5, 5.41) is 5.18. The molecule has 10 heteroatoms. The number of piperazine rings is 1. The zero-order chi connectivity index (χ0) is 20.7. The molecule has 156 valence electrons. The topological polar surface area (TPSA) is 101 Å². The Bertz CT molecular complexity index is 1070. The number of furan rings is 1. The van der Waals surface area contributed by atoms with Gasteiger partial charge in [0.2, 0.25) is 11.8 Å². The average Bonchev–Trinajstić information content (AvgIpc) is 3.50. The van der Waals surface area contributed by atoms with Gasteiger partial charge in [-0.25, -0.2) is 9.97 Å². The summed E-state index contributed by atoms with van der Waals surface area (Å²) < 4.78 is 7.06. The molecule has 0 aliphatic carbocycles. The molecule has 10 nitrogen and oxygen atoms in total. The number of likely N-dealkylation sites (tertiary alicyclic amines) is 1. The van der Waals surface area contributed by atoms with Crippen LogP contribution in [-0.2, 0) is 23.2 Å². The largest absolute Gasteiger partial charge is 0.467 e. The van der Waals surface area contributed by atoms with Crippen molar-refractivity contribution in [3.8, 4) is 0 Å². The van der Waals surface area contributed by atoms with Crippen LogP contribution in [0.2, 0.25) is 0 Å². The van der Waals surface area contributed by atoms with Crippen molar-refractivity contribution in [1.29, 1.82) is 0 Å². The van der Waals surface area contributed by atoms with Crippen molar-refractivity contribution >= 4 is 28.7 Å². The van der Waals surface area contributed by atoms with Crippen LogP contribution in [0.4, 0.5) is 5.82 Å². The summed E-state index contributed by atoms with van der Waals surface area (Å²) in [4.78, 5) is 39.8. The fourth-order valence-electron chi connectivity index (χ4n) is 4.28. The van der Waals surface area contributed by atoms with Crippen molar-refractivity contribution in [2.75, 3.05) is 37.6 Å². The van der Waals surface area contributed by atoms with E-state index >= 15 is 0 Å². The van der Waals surface area contributed by atoms with Gasteiger partial charge in [-0.15, -0.1) is 0 Å². The molecule has 1 atom stereocenters. The van der Waals surface area contributed by atoms with E-state index in [2.05, 4.69) is 20.0 Å². The third-order valence-corrected chi connectivity index (χ3v) is 5.89. The second kappa shape index (κ2) is 7.43. The minimum absolute atomic E-state index is 0.00309. The van der Waals surface area contributed by atoms with Crippen molar-refractivity contribution in [2.24, 2.45) is 13.0 Å². The number of hydrogen-bond donors (Lipinski definition) is 0. The van der Waals surface area contributed by atoms with Gasteiger partial charge in [-0.3, -0.25) is 14.3 Å². The number of amides is 2. The summed E-state index contributed by atoms with van der Waals surface area (Å²) >= 11 is 0. The Balaban J connectivity index is 1.21. The molecule has 0 saturated carbocycles. The zero-order valence-electron chi connectivity index (χ0n) is 16.8. The molecule has 2 amide bonds. The normalized spacial score (nSPS) is 19.8. The minimum atomic E-state index is -0.289. The Morgan fingerprint density at radius 1 is 1.23 bits per heavy atom. The summed E-state index contributed by atoms with van der Waals surface area (Å²) in [7, 11) is 1.85. The second-order valence-corrected chi connectivity index (χ2v) is 7.77. The number of rotatable bonds is 4. The number of aryl methyl sites for hydroxylation is 1. The molecule has 2 aliphatic rings. The van der Waals surface area contributed by atoms with Crippen molar-refractivity contribution < 1.29 is 14.0 Å². The lowest BCUT2D eigenvalue weighted by Gasteiger charge is -2.36. The van der Waals surface area contributed by atoms with E-state index in [1.807, 2.05) is 18.0 Å². The molecule has 0 aromatic carbocycles. The van der Waals surface area contributed by atoms with E-state index in [1.54, 1.807) is 34.4 Å². The Labute approximate surface area is 173 Å². The van der Waals surface area contributed by atoms with Gasteiger partial charge in [0.05, 0.1) is 30.3 Å². The summed E-state index contributed by atoms with van der Waals surface area (Å²) in [6.45, 7) is 3.44. The van der Waals surface area contributed by atoms with Crippen molar-refractivity contribution in [1.82, 2.24) is 29.5 Å². The number of nitrogens with zero attached hydrogens (tertiary/aromatic N) is 7. The molecular formula is C20H23N7O3. The van der Waals surface area contributed by atoms with Crippen molar-refractivity contribution in [2.45, 2.75) is 13.0 Å². The zero-order valence-corrected chi connectivity index (χ0v) is 16.8. The SMILES string of the molecule is Cn1ncc2c(N3CCN(C(=O)[C@H]4CC(=O)N(Cc5ccco5)C4)CC3)ncnc21. The monoisotopic (exact) mass is 409 g/mol. The first-order valence-corrected chi connectivity index (χ1v) is 10.1. The molecule has 0 unspecified atom stereocenters. The molecular weight excluding hydrogens is 386 g/mol. The van der Waals surface area contributed by atoms with Crippen LogP contribution < -0.4 is 4.90 Å². The summed E-state index contributed by atoms with van der Waals surface area (Å²) in [6, 6.07) is 3.64. The van der Waals surface area contributed by atoms with Gasteiger partial charge in [-0.05, 0) is 12.1 Å². The van der Waals surface area contributed by atoms with Crippen LogP contribution in [0, 0.1) is 5.92 Å². The van der Waals surface area contributed by atoms with Gasteiger partial charge in [-0.2, -0.15) is 5.10 Å². The van der Waals surface area contributed by atoms with E-state index in [4.69, 9.17) is 4.42 Å². The number of fused-ring (bicyclic) bond motifs is 1. The maximum atomic E-state index is 13.0. The number of anilines is 1. The van der Waals surface area contributed by atoms with Gasteiger partial charge in [0.25, 0.3) is 0 Å². The predicted octanol–water partition coefficient (Wildman–Crippen LogP) is 0.654. The van der Waals surface area contributed by atoms with Gasteiger partial charge in [0.15, 0.2) is 5.65 Å². The number of carbonyl (C=O) groups excluding carboxylic acids is 2. The Morgan fingerprint density at radius 3 is 2.83 bits per heavy atom. The summed E-state index contributed by atoms with van der Waals surface area (Å²) in [6.07, 6.45) is 5.19. The van der Waals surface area contributed by atoms with Gasteiger partial charge in [-0.1, -0.05) is 0 Å². The maximum absolute atomic E-state index is 13.0. The van der Waals surface area contributed by atoms with Gasteiger partial charge < -0.3 is 19.1 Å². The van der Waals surface area contributed by atoms with E-state index in [1.165, 1.54) is 0 Å². The molecule has 2 saturated heterocycles. The standard InChI is InChI=1S/C20H23N7O3/c1-24-18-16(10-23-24)19(22-13-21-18)25-4-6-26(7-5-25)20(29)14-9-17(28)27(11-14)12-15-3-2-8-30-15/h2-3,8,10,13-14H,4-7,9,11-12H2,1H3/t14-/m0/s1. The molecule has 3 aromatic rings. The summed E-state index contributed by atoms with van der Waals surface area (Å²) in [5.74, 6) is 1.35. The van der Waals surface area contributed by atoms with E-state index in [0.717, 1.165) is 22.6 Å². The Kier molecular flexibility index (Phi) is 4.61. The molecule has 0 bridgehead atoms. The molecule has 3 aromatic heterocycles. The highest BCUT2D eigenvalue weighted by Gasteiger charge is 2.37. The third kappa shape index (κ3) is 3.27. The first-order valence-electron chi connectivity index (χ1n) is 10.1. The molecule has 2 fully saturated rings. The fourth-order valence-corrected chi connectivity index (χ4v) is 4.28. The quantitative estimate of drug-likeness (QED) is 0.624. The first-order chi connectivity index (χ1) is 14.6. The van der Waals surface area contributed by atoms with Crippen molar-refractivity contribution in [3.63, 3.8) is 0 Å². The fraction of sp³-hybridized carbons (Fsp3) is 0.450. The molecule has 5 rings (SSSR count). The summed E-state index contributed by atoms with van der Waals surface area (Å²) in [5.41, 5.74) is 0.791. The average molecular weight is 409 g/mol. The molecule has 2 aliphatic heterocycles. The van der Waals surface area contributed by atoms with Crippen LogP contribution in [0.25, 0.3) is 11.0 Å². The third-order valence-electron chi connectivity index (χ3n) is 5.89. The van der Waals surface area contributed by atoms with E-state index in [-0.39, 0.29) is 24.2 Å². The van der Waals surface area contributed by atoms with Crippen LogP contribution in [0.1, 0.15) is 12.2 Å². The lowest BCUT2D eigenvalue weighted by molar-refractivity contribution is -0.136. The molecule has 0 N–H and O–H groups in total. The molecule has 30 heavy (non-hydrogen) atoms. The second-order valence-electron chi connectivity index (χ2n) is 7.77. The van der Waals surface area contributed by atoms with E-state index < -0.39 is 0 Å². The van der Waals surface area contributed by atoms with E-state index in [9.17, 15) is 9.59 Å². The van der Waals surface area contributed by atoms with E-state index in [0.29, 0.717) is 39.3 Å². The lowest BCUT2D eigenvalue weighted by Crippen LogP contribution is -2.51. The predicted molar refractivity (Wildman–Crippen MR) is 107 cm³/mol. The molecule has 5 heterocycles. The van der Waals surface area contributed by atoms with Crippen molar-refractivity contribution in [3.05, 3.63) is 36.7 Å². The van der Waals surface area contributed by atoms with Gasteiger partial charge in [0.1, 0.15) is 17.9 Å². The number of aromatic nitrogens is 4. The van der Waals surface area contributed by atoms with Crippen LogP contribution in [-0.4, -0.2) is 74.1 Å². The van der Waals surface area contributed by atoms with Crippen LogP contribution in [0.3, 0.4) is 0 Å². The molecule has 0 spiro atoms. The number of carbonyl (C=O) groups is 2. The van der Waals surface area contributed by atoms with Crippen LogP contribution >= 0.6 is 0 Å². The Morgan fingerprint density at radius 2 is 2.07 bits per heavy atom. The van der Waals surface area contributed by atoms with Crippen LogP contribution in [0.5, 0.6) is 0 Å². The highest BCUT2D eigenvalue weighted by molar-refractivity contribution is 5.90. The lowest BCUT2D eigenvalue weighted by atomic mass is 10.1. The maximum Gasteiger partial charge on any atom is 0.228 e. The molecule has 0 radical (unpaired) electrons. The highest BCUT2D eigenvalue weighted by Crippen LogP contribution is 2.26. The first kappa shape index (κ1) is 18.6. The van der Waals surface area contributed by atoms with Crippen LogP contribution in [0.15, 0.2) is 35.3 Å². The minimum Gasteiger partial charge on any atom is -0.467 e. The van der Waals surface area contributed by atoms with Gasteiger partial charge in [0, 0.05) is 46.2 Å². The number of hydrogen-bond acceptors (Lipinski definition) is 7. The highest BCUT2D eigenvalue weighted by atomic mass is 16.3. The Hall–Kier alpha value is -3.43. The smallest absolute Gasteiger partial charge is 0.228 e.